The Morgan fingerprint density at radius 2 is 1.81 bits per heavy atom. The van der Waals surface area contributed by atoms with E-state index in [2.05, 4.69) is 4.98 Å². The second-order valence-electron chi connectivity index (χ2n) is 5.52. The maximum absolute atomic E-state index is 12.9. The van der Waals surface area contributed by atoms with Crippen molar-refractivity contribution in [2.45, 2.75) is 6.42 Å². The molecule has 142 valence electrons. The Kier molecular flexibility index (Phi) is 4.92. The number of hydrogen-bond acceptors (Lipinski definition) is 8. The highest BCUT2D eigenvalue weighted by Crippen LogP contribution is 2.25. The van der Waals surface area contributed by atoms with E-state index < -0.39 is 22.6 Å². The first-order valence-corrected chi connectivity index (χ1v) is 7.93. The highest BCUT2D eigenvalue weighted by Gasteiger charge is 2.35. The van der Waals surface area contributed by atoms with Crippen LogP contribution in [0.15, 0.2) is 28.7 Å². The zero-order valence-corrected chi connectivity index (χ0v) is 14.6. The van der Waals surface area contributed by atoms with Crippen molar-refractivity contribution < 1.29 is 28.4 Å². The van der Waals surface area contributed by atoms with Crippen molar-refractivity contribution in [1.82, 2.24) is 15.0 Å². The summed E-state index contributed by atoms with van der Waals surface area (Å²) < 4.78 is 15.1. The number of methoxy groups -OCH3 is 2. The minimum absolute atomic E-state index is 0.0623. The number of furan rings is 1. The van der Waals surface area contributed by atoms with Gasteiger partial charge in [-0.2, -0.15) is 4.98 Å². The largest absolute Gasteiger partial charge is 0.481 e. The van der Waals surface area contributed by atoms with Crippen molar-refractivity contribution in [1.29, 1.82) is 0 Å². The fourth-order valence-corrected chi connectivity index (χ4v) is 2.70. The number of hydrogen-bond donors (Lipinski definition) is 0. The van der Waals surface area contributed by atoms with Gasteiger partial charge in [0.15, 0.2) is 0 Å². The van der Waals surface area contributed by atoms with Gasteiger partial charge in [0.2, 0.25) is 17.5 Å². The van der Waals surface area contributed by atoms with Gasteiger partial charge in [0.1, 0.15) is 10.5 Å². The molecule has 11 heteroatoms. The van der Waals surface area contributed by atoms with Crippen LogP contribution in [0.3, 0.4) is 0 Å². The number of rotatable bonds is 5. The molecule has 1 fully saturated rings. The molecule has 0 saturated carbocycles. The molecular formula is C16H16N4O7. The van der Waals surface area contributed by atoms with Gasteiger partial charge in [-0.25, -0.2) is 10.0 Å². The molecule has 2 aromatic rings. The van der Waals surface area contributed by atoms with E-state index in [1.54, 1.807) is 0 Å². The Morgan fingerprint density at radius 1 is 1.11 bits per heavy atom. The molecule has 0 bridgehead atoms. The number of carbonyl (C=O) groups is 2. The predicted molar refractivity (Wildman–Crippen MR) is 89.4 cm³/mol. The van der Waals surface area contributed by atoms with Gasteiger partial charge in [-0.05, 0) is 18.6 Å². The fourth-order valence-electron chi connectivity index (χ4n) is 2.70. The normalized spacial score (nSPS) is 13.6. The highest BCUT2D eigenvalue weighted by molar-refractivity contribution is 5.99. The second-order valence-corrected chi connectivity index (χ2v) is 5.52. The van der Waals surface area contributed by atoms with E-state index in [0.717, 1.165) is 6.07 Å². The summed E-state index contributed by atoms with van der Waals surface area (Å²) in [6, 6.07) is 5.29. The first-order chi connectivity index (χ1) is 13.0. The number of ether oxygens (including phenoxy) is 2. The van der Waals surface area contributed by atoms with E-state index in [4.69, 9.17) is 13.9 Å². The van der Waals surface area contributed by atoms with Crippen LogP contribution in [0.4, 0.5) is 5.88 Å². The van der Waals surface area contributed by atoms with E-state index in [9.17, 15) is 19.7 Å². The van der Waals surface area contributed by atoms with Crippen molar-refractivity contribution in [2.75, 3.05) is 27.3 Å². The molecule has 0 atom stereocenters. The molecule has 27 heavy (non-hydrogen) atoms. The van der Waals surface area contributed by atoms with Crippen molar-refractivity contribution >= 4 is 17.7 Å². The first kappa shape index (κ1) is 18.2. The lowest BCUT2D eigenvalue weighted by molar-refractivity contribution is -0.402. The van der Waals surface area contributed by atoms with Crippen molar-refractivity contribution in [3.63, 3.8) is 0 Å². The number of amides is 2. The number of nitrogens with zero attached hydrogens (tertiary/aromatic N) is 4. The monoisotopic (exact) mass is 376 g/mol. The first-order valence-electron chi connectivity index (χ1n) is 7.93. The van der Waals surface area contributed by atoms with Gasteiger partial charge >= 0.3 is 11.8 Å². The zero-order valence-electron chi connectivity index (χ0n) is 14.6. The van der Waals surface area contributed by atoms with E-state index in [1.807, 2.05) is 0 Å². The molecule has 0 N–H and O–H groups in total. The van der Waals surface area contributed by atoms with Crippen LogP contribution in [0, 0.1) is 10.1 Å². The van der Waals surface area contributed by atoms with Gasteiger partial charge in [-0.1, -0.05) is 0 Å². The second kappa shape index (κ2) is 7.32. The lowest BCUT2D eigenvalue weighted by Gasteiger charge is -2.27. The van der Waals surface area contributed by atoms with Crippen molar-refractivity contribution in [2.24, 2.45) is 0 Å². The Morgan fingerprint density at radius 3 is 2.41 bits per heavy atom. The van der Waals surface area contributed by atoms with Crippen LogP contribution < -0.4 is 9.47 Å². The van der Waals surface area contributed by atoms with E-state index in [0.29, 0.717) is 13.0 Å². The minimum atomic E-state index is -0.739. The van der Waals surface area contributed by atoms with Crippen LogP contribution in [-0.2, 0) is 0 Å². The average Bonchev–Trinajstić information content (AvgIpc) is 3.36. The summed E-state index contributed by atoms with van der Waals surface area (Å²) in [6.07, 6.45) is 0.548. The predicted octanol–water partition coefficient (Wildman–Crippen LogP) is 1.50. The summed E-state index contributed by atoms with van der Waals surface area (Å²) in [7, 11) is 2.81. The Labute approximate surface area is 153 Å². The van der Waals surface area contributed by atoms with Gasteiger partial charge in [0.05, 0.1) is 20.3 Å². The van der Waals surface area contributed by atoms with Gasteiger partial charge in [-0.15, -0.1) is 0 Å². The van der Waals surface area contributed by atoms with Crippen LogP contribution in [0.2, 0.25) is 0 Å². The van der Waals surface area contributed by atoms with E-state index in [1.165, 1.54) is 42.4 Å². The average molecular weight is 376 g/mol. The highest BCUT2D eigenvalue weighted by atomic mass is 16.6. The molecule has 0 spiro atoms. The summed E-state index contributed by atoms with van der Waals surface area (Å²) in [5, 5.41) is 13.2. The van der Waals surface area contributed by atoms with Crippen molar-refractivity contribution in [3.05, 3.63) is 45.7 Å². The Balaban J connectivity index is 1.86. The third-order valence-corrected chi connectivity index (χ3v) is 3.95. The minimum Gasteiger partial charge on any atom is -0.481 e. The third kappa shape index (κ3) is 3.38. The zero-order chi connectivity index (χ0) is 19.6. The molecule has 1 aliphatic heterocycles. The molecule has 0 aromatic carbocycles. The number of carbonyl (C=O) groups excluding carboxylic acids is 2. The molecule has 3 rings (SSSR count). The van der Waals surface area contributed by atoms with Gasteiger partial charge < -0.3 is 13.9 Å². The SMILES string of the molecule is COc1ccc(C(=O)N2CCCN2C(=O)c2ccc([N+](=O)[O-])o2)c(OC)n1. The lowest BCUT2D eigenvalue weighted by atomic mass is 10.2. The standard InChI is InChI=1S/C16H16N4O7/c1-25-12-6-4-10(14(17-12)26-2)15(21)18-8-3-9-19(18)16(22)11-5-7-13(27-11)20(23)24/h4-7H,3,8-9H2,1-2H3. The van der Waals surface area contributed by atoms with Gasteiger partial charge in [0, 0.05) is 19.2 Å². The van der Waals surface area contributed by atoms with Gasteiger partial charge in [-0.3, -0.25) is 19.7 Å². The van der Waals surface area contributed by atoms with Crippen LogP contribution in [0.1, 0.15) is 27.3 Å². The molecule has 0 aliphatic carbocycles. The third-order valence-electron chi connectivity index (χ3n) is 3.95. The van der Waals surface area contributed by atoms with E-state index in [-0.39, 0.29) is 29.6 Å². The topological polar surface area (TPSA) is 128 Å². The van der Waals surface area contributed by atoms with Crippen LogP contribution in [0.25, 0.3) is 0 Å². The van der Waals surface area contributed by atoms with Gasteiger partial charge in [0.25, 0.3) is 5.91 Å². The molecule has 11 nitrogen and oxygen atoms in total. The van der Waals surface area contributed by atoms with Crippen LogP contribution >= 0.6 is 0 Å². The molecule has 0 unspecified atom stereocenters. The van der Waals surface area contributed by atoms with E-state index >= 15 is 0 Å². The maximum atomic E-state index is 12.9. The molecule has 1 aliphatic rings. The fraction of sp³-hybridized carbons (Fsp3) is 0.312. The number of aromatic nitrogens is 1. The molecule has 3 heterocycles. The van der Waals surface area contributed by atoms with Crippen LogP contribution in [0.5, 0.6) is 11.8 Å². The number of hydrazine groups is 1. The maximum Gasteiger partial charge on any atom is 0.433 e. The summed E-state index contributed by atoms with van der Waals surface area (Å²) in [4.78, 5) is 39.6. The summed E-state index contributed by atoms with van der Waals surface area (Å²) in [5.41, 5.74) is 0.156. The summed E-state index contributed by atoms with van der Waals surface area (Å²) >= 11 is 0. The lowest BCUT2D eigenvalue weighted by Crippen LogP contribution is -2.44. The summed E-state index contributed by atoms with van der Waals surface area (Å²) in [5.74, 6) is -1.56. The Hall–Kier alpha value is -3.63. The number of nitro groups is 1. The quantitative estimate of drug-likeness (QED) is 0.567. The summed E-state index contributed by atoms with van der Waals surface area (Å²) in [6.45, 7) is 0.563. The van der Waals surface area contributed by atoms with Crippen LogP contribution in [-0.4, -0.2) is 59.0 Å². The molecule has 0 radical (unpaired) electrons. The number of pyridine rings is 1. The molecule has 1 saturated heterocycles. The molecule has 2 aromatic heterocycles. The molecular weight excluding hydrogens is 360 g/mol. The molecule has 2 amide bonds. The smallest absolute Gasteiger partial charge is 0.433 e. The Bertz CT molecular complexity index is 895. The van der Waals surface area contributed by atoms with Crippen molar-refractivity contribution in [3.8, 4) is 11.8 Å².